The van der Waals surface area contributed by atoms with Crippen molar-refractivity contribution in [3.8, 4) is 0 Å². The largest absolute Gasteiger partial charge is 0.416 e. The molecule has 1 N–H and O–H groups in total. The van der Waals surface area contributed by atoms with Gasteiger partial charge in [0.05, 0.1) is 49.8 Å². The van der Waals surface area contributed by atoms with Gasteiger partial charge < -0.3 is 28.7 Å². The fourth-order valence-electron chi connectivity index (χ4n) is 14.5. The van der Waals surface area contributed by atoms with Gasteiger partial charge in [-0.25, -0.2) is 4.39 Å². The van der Waals surface area contributed by atoms with Crippen molar-refractivity contribution in [2.24, 2.45) is 18.9 Å². The lowest BCUT2D eigenvalue weighted by Gasteiger charge is -2.50. The summed E-state index contributed by atoms with van der Waals surface area (Å²) in [6.07, 6.45) is 6.22. The lowest BCUT2D eigenvalue weighted by atomic mass is 9.75. The normalized spacial score (nSPS) is 26.0. The molecule has 428 valence electrons. The van der Waals surface area contributed by atoms with E-state index in [1.165, 1.54) is 15.9 Å². The lowest BCUT2D eigenvalue weighted by molar-refractivity contribution is -0.138. The molecule has 4 aromatic rings. The summed E-state index contributed by atoms with van der Waals surface area (Å²) < 4.78 is 75.1. The Morgan fingerprint density at radius 2 is 1.59 bits per heavy atom. The predicted octanol–water partition coefficient (Wildman–Crippen LogP) is 7.26. The van der Waals surface area contributed by atoms with Crippen LogP contribution in [0.5, 0.6) is 0 Å². The second-order valence-corrected chi connectivity index (χ2v) is 24.9. The number of fused-ring (bicyclic) bond motifs is 2. The van der Waals surface area contributed by atoms with Gasteiger partial charge in [0.15, 0.2) is 5.82 Å². The van der Waals surface area contributed by atoms with Crippen molar-refractivity contribution >= 4 is 35.0 Å². The number of aryl methyl sites for hydroxylation is 1. The molecular formula is C60H74F4N10O6. The molecule has 2 atom stereocenters. The first-order valence-electron chi connectivity index (χ1n) is 29.0. The minimum atomic E-state index is -4.62. The summed E-state index contributed by atoms with van der Waals surface area (Å²) in [5.74, 6) is -0.296. The summed E-state index contributed by atoms with van der Waals surface area (Å²) in [4.78, 5) is 64.1. The van der Waals surface area contributed by atoms with E-state index in [2.05, 4.69) is 44.1 Å². The van der Waals surface area contributed by atoms with E-state index in [1.807, 2.05) is 34.7 Å². The van der Waals surface area contributed by atoms with Crippen LogP contribution in [0.4, 0.5) is 28.9 Å². The van der Waals surface area contributed by atoms with Crippen LogP contribution in [-0.2, 0) is 63.8 Å². The summed E-state index contributed by atoms with van der Waals surface area (Å²) >= 11 is 0. The number of likely N-dealkylation sites (tertiary alicyclic amines) is 1. The van der Waals surface area contributed by atoms with Crippen LogP contribution >= 0.6 is 0 Å². The van der Waals surface area contributed by atoms with Gasteiger partial charge in [-0.1, -0.05) is 12.1 Å². The predicted molar refractivity (Wildman–Crippen MR) is 290 cm³/mol. The highest BCUT2D eigenvalue weighted by Gasteiger charge is 2.46. The van der Waals surface area contributed by atoms with Crippen LogP contribution in [0.25, 0.3) is 0 Å². The number of halogens is 4. The molecule has 12 rings (SSSR count). The third-order valence-corrected chi connectivity index (χ3v) is 19.0. The standard InChI is InChI=1S/C60H74F4N10O6/c1-58(2)34-70(28-38-9-11-43(12-10-38)80-44-17-20-71(21-18-44)50-14-13-45-48(54(50)61)33-74(56(45)77)51-15-16-53(75)66-55(51)76)22-23-72(58)31-39-6-5-19-69(29-39)30-40-24-46-47(49(25-40)60(62,63)64)32-73(57(46)78)42-8-4-7-41(26-42)59(35-79-36-59)27-52-67-65-37-68(52)3/h4,7-8,13-14,24-26,37-39,43-44,51H,5-6,9-12,15-23,27-36H2,1-3H3,(H,66,75,76)/t38-,39-,43-,51?/m0/s1. The third-order valence-electron chi connectivity index (χ3n) is 19.0. The van der Waals surface area contributed by atoms with E-state index in [0.29, 0.717) is 73.6 Å². The fraction of sp³-hybridized carbons (Fsp3) is 0.600. The van der Waals surface area contributed by atoms with Gasteiger partial charge >= 0.3 is 6.18 Å². The highest BCUT2D eigenvalue weighted by molar-refractivity contribution is 6.10. The van der Waals surface area contributed by atoms with Crippen molar-refractivity contribution in [3.63, 3.8) is 0 Å². The molecule has 0 spiro atoms. The quantitative estimate of drug-likeness (QED) is 0.100. The molecule has 3 aromatic carbocycles. The zero-order valence-corrected chi connectivity index (χ0v) is 46.2. The van der Waals surface area contributed by atoms with E-state index in [9.17, 15) is 32.3 Å². The fourth-order valence-corrected chi connectivity index (χ4v) is 14.5. The van der Waals surface area contributed by atoms with Gasteiger partial charge in [-0.2, -0.15) is 13.2 Å². The minimum absolute atomic E-state index is 0.00860. The lowest BCUT2D eigenvalue weighted by Crippen LogP contribution is -2.61. The maximum Gasteiger partial charge on any atom is 0.416 e. The van der Waals surface area contributed by atoms with Crippen LogP contribution < -0.4 is 15.1 Å². The van der Waals surface area contributed by atoms with E-state index in [4.69, 9.17) is 9.47 Å². The number of carbonyl (C=O) groups excluding carboxylic acids is 4. The van der Waals surface area contributed by atoms with E-state index in [0.717, 1.165) is 109 Å². The Morgan fingerprint density at radius 1 is 0.800 bits per heavy atom. The molecule has 0 bridgehead atoms. The number of hydrogen-bond acceptors (Lipinski definition) is 12. The van der Waals surface area contributed by atoms with Gasteiger partial charge in [-0.15, -0.1) is 10.2 Å². The number of carbonyl (C=O) groups is 4. The average molecular weight is 1110 g/mol. The minimum Gasteiger partial charge on any atom is -0.379 e. The first-order chi connectivity index (χ1) is 38.4. The van der Waals surface area contributed by atoms with Crippen LogP contribution in [0.15, 0.2) is 54.9 Å². The molecule has 8 aliphatic rings. The number of anilines is 2. The van der Waals surface area contributed by atoms with E-state index in [1.54, 1.807) is 30.6 Å². The molecule has 6 fully saturated rings. The number of amides is 4. The van der Waals surface area contributed by atoms with Crippen LogP contribution in [0.3, 0.4) is 0 Å². The molecule has 1 aromatic heterocycles. The summed E-state index contributed by atoms with van der Waals surface area (Å²) in [5, 5.41) is 10.6. The summed E-state index contributed by atoms with van der Waals surface area (Å²) in [7, 11) is 1.89. The second-order valence-electron chi connectivity index (χ2n) is 24.9. The molecule has 1 aliphatic carbocycles. The molecule has 1 saturated carbocycles. The highest BCUT2D eigenvalue weighted by Crippen LogP contribution is 2.43. The molecular weight excluding hydrogens is 1030 g/mol. The number of ether oxygens (including phenoxy) is 2. The number of piperidine rings is 3. The molecule has 5 saturated heterocycles. The smallest absolute Gasteiger partial charge is 0.379 e. The molecule has 4 amide bonds. The number of imide groups is 1. The number of nitrogens with zero attached hydrogens (tertiary/aromatic N) is 9. The van der Waals surface area contributed by atoms with E-state index < -0.39 is 35.4 Å². The summed E-state index contributed by atoms with van der Waals surface area (Å²) in [6.45, 7) is 13.6. The monoisotopic (exact) mass is 1110 g/mol. The van der Waals surface area contributed by atoms with Crippen LogP contribution in [0.2, 0.25) is 0 Å². The van der Waals surface area contributed by atoms with E-state index in [-0.39, 0.29) is 77.6 Å². The van der Waals surface area contributed by atoms with Crippen molar-refractivity contribution in [2.75, 3.05) is 81.9 Å². The van der Waals surface area contributed by atoms with Crippen LogP contribution in [0, 0.1) is 17.7 Å². The maximum absolute atomic E-state index is 16.1. The van der Waals surface area contributed by atoms with Gasteiger partial charge in [-0.05, 0) is 143 Å². The Labute approximate surface area is 465 Å². The number of aromatic nitrogens is 3. The van der Waals surface area contributed by atoms with Crippen molar-refractivity contribution < 1.29 is 46.2 Å². The Balaban J connectivity index is 0.597. The number of alkyl halides is 3. The second kappa shape index (κ2) is 21.8. The molecule has 16 nitrogen and oxygen atoms in total. The molecule has 1 unspecified atom stereocenters. The molecule has 20 heteroatoms. The number of piperazine rings is 1. The Kier molecular flexibility index (Phi) is 14.9. The highest BCUT2D eigenvalue weighted by atomic mass is 19.4. The summed E-state index contributed by atoms with van der Waals surface area (Å²) in [6, 6.07) is 13.1. The van der Waals surface area contributed by atoms with Crippen molar-refractivity contribution in [2.45, 2.75) is 139 Å². The number of nitrogens with one attached hydrogen (secondary N) is 1. The third kappa shape index (κ3) is 10.9. The van der Waals surface area contributed by atoms with Gasteiger partial charge in [0.1, 0.15) is 18.2 Å². The van der Waals surface area contributed by atoms with E-state index >= 15 is 4.39 Å². The number of rotatable bonds is 14. The van der Waals surface area contributed by atoms with Crippen molar-refractivity contribution in [1.29, 1.82) is 0 Å². The average Bonchev–Trinajstić information content (AvgIpc) is 4.15. The molecule has 8 heterocycles. The molecule has 7 aliphatic heterocycles. The Morgan fingerprint density at radius 3 is 2.30 bits per heavy atom. The van der Waals surface area contributed by atoms with Crippen LogP contribution in [-0.4, -0.2) is 154 Å². The van der Waals surface area contributed by atoms with Gasteiger partial charge in [-0.3, -0.25) is 39.2 Å². The Hall–Kier alpha value is -5.80. The zero-order chi connectivity index (χ0) is 55.7. The van der Waals surface area contributed by atoms with Crippen molar-refractivity contribution in [1.82, 2.24) is 39.7 Å². The molecule has 0 radical (unpaired) electrons. The maximum atomic E-state index is 16.1. The number of benzene rings is 3. The molecule has 80 heavy (non-hydrogen) atoms. The first kappa shape index (κ1) is 54.8. The van der Waals surface area contributed by atoms with Crippen molar-refractivity contribution in [3.05, 3.63) is 105 Å². The van der Waals surface area contributed by atoms with Gasteiger partial charge in [0.2, 0.25) is 11.8 Å². The first-order valence-corrected chi connectivity index (χ1v) is 29.0. The Bertz CT molecular complexity index is 3020. The number of hydrogen-bond donors (Lipinski definition) is 1. The van der Waals surface area contributed by atoms with Crippen LogP contribution in [0.1, 0.15) is 132 Å². The SMILES string of the molecule is Cn1cnnc1CC1(c2cccc(N3Cc4c(cc(CN5CCC[C@H](CN6CCN(C[C@H]7CC[C@H](OC8CCN(c9ccc%10c(c9F)CN(C9CCC(=O)NC9=O)C%10=O)CC8)CC7)CC6(C)C)C5)cc4C(F)(F)F)C3=O)c2)COC1. The summed E-state index contributed by atoms with van der Waals surface area (Å²) in [5.41, 5.74) is 2.08. The topological polar surface area (TPSA) is 149 Å². The zero-order valence-electron chi connectivity index (χ0n) is 46.2. The van der Waals surface area contributed by atoms with Gasteiger partial charge in [0.25, 0.3) is 11.8 Å². The van der Waals surface area contributed by atoms with Gasteiger partial charge in [0, 0.05) is 112 Å².